The highest BCUT2D eigenvalue weighted by molar-refractivity contribution is 5.98. The lowest BCUT2D eigenvalue weighted by Gasteiger charge is -2.24. The fourth-order valence-corrected chi connectivity index (χ4v) is 3.59. The van der Waals surface area contributed by atoms with Crippen LogP contribution in [-0.2, 0) is 11.3 Å². The lowest BCUT2D eigenvalue weighted by Crippen LogP contribution is -2.31. The molecule has 0 spiro atoms. The first-order valence-electron chi connectivity index (χ1n) is 11.7. The Kier molecular flexibility index (Phi) is 8.47. The number of benzene rings is 3. The predicted molar refractivity (Wildman–Crippen MR) is 137 cm³/mol. The second-order valence-corrected chi connectivity index (χ2v) is 9.31. The number of carbonyl (C=O) groups excluding carboxylic acids is 2. The molecule has 5 nitrogen and oxygen atoms in total. The van der Waals surface area contributed by atoms with Crippen LogP contribution >= 0.6 is 0 Å². The van der Waals surface area contributed by atoms with Crippen molar-refractivity contribution in [1.29, 1.82) is 0 Å². The zero-order chi connectivity index (χ0) is 24.6. The zero-order valence-electron chi connectivity index (χ0n) is 20.5. The van der Waals surface area contributed by atoms with Gasteiger partial charge in [-0.05, 0) is 67.6 Å². The van der Waals surface area contributed by atoms with Crippen molar-refractivity contribution in [1.82, 2.24) is 5.32 Å². The lowest BCUT2D eigenvalue weighted by atomic mass is 9.87. The Bertz CT molecular complexity index is 1120. The van der Waals surface area contributed by atoms with Crippen molar-refractivity contribution >= 4 is 17.5 Å². The molecular formula is C29H34N2O3. The normalized spacial score (nSPS) is 11.1. The lowest BCUT2D eigenvalue weighted by molar-refractivity contribution is -0.124. The number of amides is 2. The van der Waals surface area contributed by atoms with E-state index in [1.165, 1.54) is 0 Å². The number of ether oxygens (including phenoxy) is 1. The van der Waals surface area contributed by atoms with E-state index in [9.17, 15) is 9.59 Å². The van der Waals surface area contributed by atoms with Gasteiger partial charge >= 0.3 is 0 Å². The zero-order valence-corrected chi connectivity index (χ0v) is 20.5. The van der Waals surface area contributed by atoms with Gasteiger partial charge in [0.25, 0.3) is 5.91 Å². The Labute approximate surface area is 202 Å². The smallest absolute Gasteiger partial charge is 0.251 e. The Morgan fingerprint density at radius 1 is 0.912 bits per heavy atom. The molecule has 2 N–H and O–H groups in total. The molecule has 0 bridgehead atoms. The van der Waals surface area contributed by atoms with E-state index in [4.69, 9.17) is 4.74 Å². The first-order valence-corrected chi connectivity index (χ1v) is 11.7. The van der Waals surface area contributed by atoms with E-state index in [1.54, 1.807) is 24.3 Å². The van der Waals surface area contributed by atoms with Gasteiger partial charge in [0, 0.05) is 23.2 Å². The van der Waals surface area contributed by atoms with Crippen molar-refractivity contribution in [2.24, 2.45) is 5.41 Å². The molecule has 0 aromatic heterocycles. The van der Waals surface area contributed by atoms with Crippen LogP contribution in [0.25, 0.3) is 0 Å². The van der Waals surface area contributed by atoms with Crippen LogP contribution in [0.15, 0.2) is 72.8 Å². The minimum Gasteiger partial charge on any atom is -0.493 e. The fourth-order valence-electron chi connectivity index (χ4n) is 3.59. The molecule has 0 aliphatic carbocycles. The molecule has 0 atom stereocenters. The molecule has 34 heavy (non-hydrogen) atoms. The molecule has 0 unspecified atom stereocenters. The van der Waals surface area contributed by atoms with E-state index in [0.29, 0.717) is 30.8 Å². The standard InChI is InChI=1S/C29H34N2O3/c1-21-14-15-22(2)26(18-21)34-17-9-16-29(3,4)28(33)31-25-13-8-12-24(19-25)27(32)30-20-23-10-6-5-7-11-23/h5-8,10-15,18-19H,9,16-17,20H2,1-4H3,(H,30,32)(H,31,33). The molecule has 3 aromatic rings. The van der Waals surface area contributed by atoms with Crippen LogP contribution < -0.4 is 15.4 Å². The molecule has 0 heterocycles. The van der Waals surface area contributed by atoms with Crippen LogP contribution in [0, 0.1) is 19.3 Å². The third-order valence-electron chi connectivity index (χ3n) is 5.84. The molecule has 0 saturated carbocycles. The largest absolute Gasteiger partial charge is 0.493 e. The van der Waals surface area contributed by atoms with Gasteiger partial charge in [-0.3, -0.25) is 9.59 Å². The summed E-state index contributed by atoms with van der Waals surface area (Å²) in [6.07, 6.45) is 1.44. The molecule has 178 valence electrons. The first-order chi connectivity index (χ1) is 16.2. The van der Waals surface area contributed by atoms with Crippen molar-refractivity contribution in [2.75, 3.05) is 11.9 Å². The Morgan fingerprint density at radius 3 is 2.44 bits per heavy atom. The molecule has 0 aliphatic rings. The van der Waals surface area contributed by atoms with Crippen LogP contribution in [0.1, 0.15) is 53.7 Å². The fraction of sp³-hybridized carbons (Fsp3) is 0.310. The number of aryl methyl sites for hydroxylation is 2. The quantitative estimate of drug-likeness (QED) is 0.363. The highest BCUT2D eigenvalue weighted by Gasteiger charge is 2.27. The average Bonchev–Trinajstić information content (AvgIpc) is 2.83. The van der Waals surface area contributed by atoms with E-state index in [2.05, 4.69) is 22.8 Å². The molecule has 3 rings (SSSR count). The number of nitrogens with one attached hydrogen (secondary N) is 2. The van der Waals surface area contributed by atoms with Crippen molar-refractivity contribution < 1.29 is 14.3 Å². The van der Waals surface area contributed by atoms with Crippen molar-refractivity contribution in [2.45, 2.75) is 47.1 Å². The third-order valence-corrected chi connectivity index (χ3v) is 5.84. The van der Waals surface area contributed by atoms with Crippen LogP contribution in [-0.4, -0.2) is 18.4 Å². The van der Waals surface area contributed by atoms with Gasteiger partial charge in [0.05, 0.1) is 6.61 Å². The summed E-state index contributed by atoms with van der Waals surface area (Å²) >= 11 is 0. The van der Waals surface area contributed by atoms with E-state index < -0.39 is 5.41 Å². The molecule has 2 amide bonds. The van der Waals surface area contributed by atoms with Gasteiger partial charge in [-0.1, -0.05) is 62.4 Å². The summed E-state index contributed by atoms with van der Waals surface area (Å²) in [6, 6.07) is 22.9. The summed E-state index contributed by atoms with van der Waals surface area (Å²) in [4.78, 5) is 25.5. The second-order valence-electron chi connectivity index (χ2n) is 9.31. The summed E-state index contributed by atoms with van der Waals surface area (Å²) < 4.78 is 5.93. The molecule has 5 heteroatoms. The van der Waals surface area contributed by atoms with E-state index in [-0.39, 0.29) is 11.8 Å². The summed E-state index contributed by atoms with van der Waals surface area (Å²) in [6.45, 7) is 8.93. The number of anilines is 1. The topological polar surface area (TPSA) is 67.4 Å². The summed E-state index contributed by atoms with van der Waals surface area (Å²) in [5.41, 5.74) is 3.84. The Balaban J connectivity index is 1.50. The molecule has 0 radical (unpaired) electrons. The first kappa shape index (κ1) is 25.0. The monoisotopic (exact) mass is 458 g/mol. The van der Waals surface area contributed by atoms with Crippen molar-refractivity contribution in [3.8, 4) is 5.75 Å². The summed E-state index contributed by atoms with van der Waals surface area (Å²) in [7, 11) is 0. The minimum absolute atomic E-state index is 0.0823. The average molecular weight is 459 g/mol. The third kappa shape index (κ3) is 7.20. The number of hydrogen-bond donors (Lipinski definition) is 2. The highest BCUT2D eigenvalue weighted by atomic mass is 16.5. The van der Waals surface area contributed by atoms with Crippen molar-refractivity contribution in [3.63, 3.8) is 0 Å². The van der Waals surface area contributed by atoms with E-state index >= 15 is 0 Å². The second kappa shape index (κ2) is 11.5. The van der Waals surface area contributed by atoms with Crippen LogP contribution in [0.2, 0.25) is 0 Å². The van der Waals surface area contributed by atoms with Crippen LogP contribution in [0.3, 0.4) is 0 Å². The van der Waals surface area contributed by atoms with E-state index in [1.807, 2.05) is 64.1 Å². The molecule has 0 fully saturated rings. The maximum absolute atomic E-state index is 12.9. The molecule has 0 aliphatic heterocycles. The van der Waals surface area contributed by atoms with E-state index in [0.717, 1.165) is 28.9 Å². The minimum atomic E-state index is -0.573. The molecular weight excluding hydrogens is 424 g/mol. The maximum atomic E-state index is 12.9. The number of hydrogen-bond acceptors (Lipinski definition) is 3. The highest BCUT2D eigenvalue weighted by Crippen LogP contribution is 2.26. The predicted octanol–water partition coefficient (Wildman–Crippen LogP) is 6.06. The summed E-state index contributed by atoms with van der Waals surface area (Å²) in [5, 5.41) is 5.88. The SMILES string of the molecule is Cc1ccc(C)c(OCCCC(C)(C)C(=O)Nc2cccc(C(=O)NCc3ccccc3)c2)c1. The van der Waals surface area contributed by atoms with Gasteiger partial charge in [0.1, 0.15) is 5.75 Å². The Hall–Kier alpha value is -3.60. The van der Waals surface area contributed by atoms with Crippen LogP contribution in [0.4, 0.5) is 5.69 Å². The van der Waals surface area contributed by atoms with Gasteiger partial charge < -0.3 is 15.4 Å². The van der Waals surface area contributed by atoms with Gasteiger partial charge in [-0.15, -0.1) is 0 Å². The van der Waals surface area contributed by atoms with Gasteiger partial charge in [-0.2, -0.15) is 0 Å². The maximum Gasteiger partial charge on any atom is 0.251 e. The van der Waals surface area contributed by atoms with Gasteiger partial charge in [0.15, 0.2) is 0 Å². The van der Waals surface area contributed by atoms with Crippen molar-refractivity contribution in [3.05, 3.63) is 95.1 Å². The molecule has 3 aromatic carbocycles. The molecule has 0 saturated heterocycles. The van der Waals surface area contributed by atoms with Crippen LogP contribution in [0.5, 0.6) is 5.75 Å². The van der Waals surface area contributed by atoms with Gasteiger partial charge in [-0.25, -0.2) is 0 Å². The Morgan fingerprint density at radius 2 is 1.68 bits per heavy atom. The number of rotatable bonds is 10. The number of carbonyl (C=O) groups is 2. The van der Waals surface area contributed by atoms with Gasteiger partial charge in [0.2, 0.25) is 5.91 Å². The summed E-state index contributed by atoms with van der Waals surface area (Å²) in [5.74, 6) is 0.633.